The van der Waals surface area contributed by atoms with Crippen molar-refractivity contribution in [3.05, 3.63) is 0 Å². The molecule has 0 radical (unpaired) electrons. The molecule has 0 aromatic heterocycles. The Morgan fingerprint density at radius 3 is 1.32 bits per heavy atom. The molecule has 0 spiro atoms. The fourth-order valence-corrected chi connectivity index (χ4v) is 3.80. The Bertz CT molecular complexity index is 702. The molecule has 0 aliphatic carbocycles. The Balaban J connectivity index is 0.000000606. The molecule has 3 rings (SSSR count). The summed E-state index contributed by atoms with van der Waals surface area (Å²) in [5, 5.41) is 8.69. The first-order valence-corrected chi connectivity index (χ1v) is 13.2. The smallest absolute Gasteiger partial charge is 0.376 e. The van der Waals surface area contributed by atoms with Crippen LogP contribution in [-0.4, -0.2) is 94.9 Å². The molecule has 0 aromatic carbocycles. The number of aliphatic hydroxyl groups excluding tert-OH is 1. The molecule has 3 aliphatic heterocycles. The third kappa shape index (κ3) is 14.5. The highest BCUT2D eigenvalue weighted by Gasteiger charge is 2.19. The largest absolute Gasteiger partial charge is 0.394 e. The first-order valence-electron chi connectivity index (χ1n) is 11.8. The lowest BCUT2D eigenvalue weighted by molar-refractivity contribution is -0.143. The number of ether oxygens (including phenoxy) is 1. The second-order valence-corrected chi connectivity index (χ2v) is 9.35. The van der Waals surface area contributed by atoms with Gasteiger partial charge in [0.1, 0.15) is 20.2 Å². The highest BCUT2D eigenvalue weighted by atomic mass is 32.3. The van der Waals surface area contributed by atoms with Crippen molar-refractivity contribution in [3.63, 3.8) is 0 Å². The summed E-state index contributed by atoms with van der Waals surface area (Å²) in [5.74, 6) is 0.458. The second kappa shape index (κ2) is 16.8. The van der Waals surface area contributed by atoms with Gasteiger partial charge >= 0.3 is 10.4 Å². The van der Waals surface area contributed by atoms with Gasteiger partial charge in [-0.25, -0.2) is 0 Å². The van der Waals surface area contributed by atoms with Crippen LogP contribution in [0.15, 0.2) is 0 Å². The fraction of sp³-hybridized carbons (Fsp3) is 0.857. The van der Waals surface area contributed by atoms with E-state index in [9.17, 15) is 14.4 Å². The van der Waals surface area contributed by atoms with Crippen molar-refractivity contribution in [2.24, 2.45) is 0 Å². The van der Waals surface area contributed by atoms with Crippen molar-refractivity contribution in [2.45, 2.75) is 77.0 Å². The van der Waals surface area contributed by atoms with Gasteiger partial charge in [0.2, 0.25) is 17.7 Å². The maximum Gasteiger partial charge on any atom is 0.394 e. The third-order valence-electron chi connectivity index (χ3n) is 5.68. The van der Waals surface area contributed by atoms with Crippen LogP contribution in [0.3, 0.4) is 0 Å². The molecular formula is C21H41N3O9S. The molecule has 0 saturated carbocycles. The van der Waals surface area contributed by atoms with Crippen LogP contribution in [0.5, 0.6) is 0 Å². The van der Waals surface area contributed by atoms with Gasteiger partial charge < -0.3 is 24.5 Å². The van der Waals surface area contributed by atoms with Crippen molar-refractivity contribution in [3.8, 4) is 0 Å². The zero-order valence-corrected chi connectivity index (χ0v) is 20.6. The highest BCUT2D eigenvalue weighted by Crippen LogP contribution is 2.13. The van der Waals surface area contributed by atoms with E-state index in [0.29, 0.717) is 32.7 Å². The maximum absolute atomic E-state index is 11.8. The predicted molar refractivity (Wildman–Crippen MR) is 125 cm³/mol. The van der Waals surface area contributed by atoms with Crippen LogP contribution < -0.4 is 0 Å². The quantitative estimate of drug-likeness (QED) is 0.464. The van der Waals surface area contributed by atoms with E-state index < -0.39 is 10.4 Å². The molecular weight excluding hydrogens is 470 g/mol. The van der Waals surface area contributed by atoms with Crippen molar-refractivity contribution in [2.75, 3.05) is 39.8 Å². The molecule has 200 valence electrons. The average Bonchev–Trinajstić information content (AvgIpc) is 3.19. The molecule has 3 heterocycles. The Morgan fingerprint density at radius 2 is 0.971 bits per heavy atom. The van der Waals surface area contributed by atoms with E-state index in [1.807, 2.05) is 0 Å². The number of likely N-dealkylation sites (tertiary alicyclic amines) is 3. The number of hydrogen-bond donors (Lipinski definition) is 3. The lowest BCUT2D eigenvalue weighted by Gasteiger charge is -2.24. The van der Waals surface area contributed by atoms with Crippen LogP contribution in [0.2, 0.25) is 0 Å². The van der Waals surface area contributed by atoms with E-state index in [0.717, 1.165) is 77.4 Å². The van der Waals surface area contributed by atoms with Crippen molar-refractivity contribution >= 4 is 28.1 Å². The predicted octanol–water partition coefficient (Wildman–Crippen LogP) is 1.66. The summed E-state index contributed by atoms with van der Waals surface area (Å²) < 4.78 is 37.2. The SMILES string of the molecule is O=C1CCCCCN1CO.O=C1CCCCCN1COCN1CCCCCC1=O.O=S(=O)(O)O.[2HH]. The zero-order chi connectivity index (χ0) is 25.4. The lowest BCUT2D eigenvalue weighted by Crippen LogP contribution is -2.37. The summed E-state index contributed by atoms with van der Waals surface area (Å²) in [6, 6.07) is 0. The number of aliphatic hydroxyl groups is 1. The Hall–Kier alpha value is -1.80. The van der Waals surface area contributed by atoms with Gasteiger partial charge in [0, 0.05) is 40.3 Å². The average molecular weight is 513 g/mol. The summed E-state index contributed by atoms with van der Waals surface area (Å²) in [5.41, 5.74) is 0. The third-order valence-corrected chi connectivity index (χ3v) is 5.68. The van der Waals surface area contributed by atoms with E-state index >= 15 is 0 Å². The minimum Gasteiger partial charge on any atom is -0.376 e. The molecule has 3 aliphatic rings. The number of carbonyl (C=O) groups is 3. The number of amides is 3. The summed E-state index contributed by atoms with van der Waals surface area (Å²) in [6.45, 7) is 2.83. The number of carbonyl (C=O) groups excluding carboxylic acids is 3. The number of nitrogens with zero attached hydrogens (tertiary/aromatic N) is 3. The second-order valence-electron chi connectivity index (χ2n) is 8.46. The van der Waals surface area contributed by atoms with Crippen molar-refractivity contribution in [1.29, 1.82) is 0 Å². The van der Waals surface area contributed by atoms with E-state index in [-0.39, 0.29) is 25.9 Å². The monoisotopic (exact) mass is 512 g/mol. The Morgan fingerprint density at radius 1 is 0.647 bits per heavy atom. The first-order chi connectivity index (χ1) is 16.1. The van der Waals surface area contributed by atoms with Crippen molar-refractivity contribution < 1.29 is 43.2 Å². The van der Waals surface area contributed by atoms with Crippen LogP contribution in [0, 0.1) is 0 Å². The van der Waals surface area contributed by atoms with E-state index in [1.165, 1.54) is 4.90 Å². The summed E-state index contributed by atoms with van der Waals surface area (Å²) in [4.78, 5) is 39.6. The number of hydrogen-bond acceptors (Lipinski definition) is 7. The Labute approximate surface area is 203 Å². The molecule has 13 heteroatoms. The molecule has 3 fully saturated rings. The van der Waals surface area contributed by atoms with E-state index in [1.54, 1.807) is 9.80 Å². The standard InChI is InChI=1S/C14H24N2O3.C7H13NO2.H2O4S.H2/c17-13-7-3-1-5-9-15(13)11-19-12-16-10-6-2-4-8-14(16)18;9-6-8-5-3-1-2-4-7(8)10;1-5(2,3)4;/h1-12H2;9H,1-6H2;(H2,1,2,3,4);1H/i;;;1+1. The molecule has 0 aromatic rings. The van der Waals surface area contributed by atoms with Crippen LogP contribution in [-0.2, 0) is 29.5 Å². The Kier molecular flexibility index (Phi) is 14.9. The van der Waals surface area contributed by atoms with Gasteiger partial charge in [0.15, 0.2) is 0 Å². The van der Waals surface area contributed by atoms with Gasteiger partial charge in [0.05, 0.1) is 0 Å². The van der Waals surface area contributed by atoms with Gasteiger partial charge in [0.25, 0.3) is 0 Å². The molecule has 34 heavy (non-hydrogen) atoms. The van der Waals surface area contributed by atoms with E-state index in [4.69, 9.17) is 27.4 Å². The van der Waals surface area contributed by atoms with Gasteiger partial charge in [-0.3, -0.25) is 23.5 Å². The molecule has 3 amide bonds. The lowest BCUT2D eigenvalue weighted by atomic mass is 10.2. The van der Waals surface area contributed by atoms with Crippen LogP contribution in [0.4, 0.5) is 0 Å². The molecule has 12 nitrogen and oxygen atoms in total. The van der Waals surface area contributed by atoms with Crippen LogP contribution in [0.1, 0.15) is 78.5 Å². The molecule has 0 bridgehead atoms. The first kappa shape index (κ1) is 30.2. The van der Waals surface area contributed by atoms with Crippen LogP contribution in [0.25, 0.3) is 0 Å². The molecule has 0 unspecified atom stereocenters. The fourth-order valence-electron chi connectivity index (χ4n) is 3.80. The van der Waals surface area contributed by atoms with E-state index in [2.05, 4.69) is 0 Å². The summed E-state index contributed by atoms with van der Waals surface area (Å²) >= 11 is 0. The topological polar surface area (TPSA) is 165 Å². The summed E-state index contributed by atoms with van der Waals surface area (Å²) in [7, 11) is -4.67. The molecule has 3 saturated heterocycles. The zero-order valence-electron chi connectivity index (χ0n) is 19.8. The van der Waals surface area contributed by atoms with Gasteiger partial charge in [-0.15, -0.1) is 0 Å². The van der Waals surface area contributed by atoms with Gasteiger partial charge in [-0.05, 0) is 38.5 Å². The van der Waals surface area contributed by atoms with Gasteiger partial charge in [-0.2, -0.15) is 8.42 Å². The van der Waals surface area contributed by atoms with Crippen molar-refractivity contribution in [1.82, 2.24) is 14.7 Å². The minimum atomic E-state index is -4.67. The maximum atomic E-state index is 11.8. The minimum absolute atomic E-state index is 0. The van der Waals surface area contributed by atoms with Crippen LogP contribution >= 0.6 is 0 Å². The summed E-state index contributed by atoms with van der Waals surface area (Å²) in [6.07, 6.45) is 11.3. The number of rotatable bonds is 5. The highest BCUT2D eigenvalue weighted by molar-refractivity contribution is 7.79. The van der Waals surface area contributed by atoms with Gasteiger partial charge in [-0.1, -0.05) is 19.3 Å². The molecule has 3 N–H and O–H groups in total. The molecule has 0 atom stereocenters. The normalized spacial score (nSPS) is 20.3.